The zero-order chi connectivity index (χ0) is 11.4. The first-order chi connectivity index (χ1) is 7.07. The molecule has 0 aliphatic heterocycles. The number of isothiocyanates is 1. The Kier molecular flexibility index (Phi) is 3.17. The van der Waals surface area contributed by atoms with Crippen molar-refractivity contribution in [2.45, 2.75) is 0 Å². The molecule has 0 unspecified atom stereocenters. The molecule has 76 valence electrons. The van der Waals surface area contributed by atoms with E-state index in [-0.39, 0.29) is 5.69 Å². The van der Waals surface area contributed by atoms with Gasteiger partial charge < -0.3 is 0 Å². The van der Waals surface area contributed by atoms with E-state index in [9.17, 15) is 20.2 Å². The largest absolute Gasteiger partial charge is 0.372 e. The second kappa shape index (κ2) is 4.36. The van der Waals surface area contributed by atoms with Gasteiger partial charge in [0, 0.05) is 6.07 Å². The molecule has 0 bridgehead atoms. The van der Waals surface area contributed by atoms with Gasteiger partial charge in [-0.15, -0.1) is 0 Å². The summed E-state index contributed by atoms with van der Waals surface area (Å²) in [6.45, 7) is 0. The second-order valence-electron chi connectivity index (χ2n) is 2.36. The SMILES string of the molecule is O=[N+]([O-])c1cccc(N=C=S)c1[N+](=O)[O-]. The Morgan fingerprint density at radius 3 is 2.40 bits per heavy atom. The maximum atomic E-state index is 10.6. The summed E-state index contributed by atoms with van der Waals surface area (Å²) < 4.78 is 0. The van der Waals surface area contributed by atoms with Crippen LogP contribution in [0.15, 0.2) is 23.2 Å². The van der Waals surface area contributed by atoms with Gasteiger partial charge in [-0.05, 0) is 18.3 Å². The third-order valence-electron chi connectivity index (χ3n) is 1.54. The number of nitrogens with zero attached hydrogens (tertiary/aromatic N) is 3. The molecule has 0 saturated heterocycles. The van der Waals surface area contributed by atoms with Crippen molar-refractivity contribution in [3.05, 3.63) is 38.4 Å². The molecule has 0 aliphatic rings. The number of nitro benzene ring substituents is 2. The van der Waals surface area contributed by atoms with Gasteiger partial charge in [0.15, 0.2) is 5.69 Å². The van der Waals surface area contributed by atoms with E-state index < -0.39 is 21.2 Å². The topological polar surface area (TPSA) is 98.6 Å². The van der Waals surface area contributed by atoms with Gasteiger partial charge in [0.1, 0.15) is 0 Å². The lowest BCUT2D eigenvalue weighted by molar-refractivity contribution is -0.421. The first kappa shape index (κ1) is 10.9. The van der Waals surface area contributed by atoms with Gasteiger partial charge in [0.25, 0.3) is 0 Å². The minimum absolute atomic E-state index is 0.177. The van der Waals surface area contributed by atoms with Crippen LogP contribution in [0.4, 0.5) is 17.1 Å². The zero-order valence-corrected chi connectivity index (χ0v) is 7.93. The highest BCUT2D eigenvalue weighted by Gasteiger charge is 2.27. The van der Waals surface area contributed by atoms with E-state index in [1.165, 1.54) is 12.1 Å². The summed E-state index contributed by atoms with van der Waals surface area (Å²) in [7, 11) is 0. The van der Waals surface area contributed by atoms with Crippen LogP contribution in [0.2, 0.25) is 0 Å². The van der Waals surface area contributed by atoms with Crippen molar-refractivity contribution in [1.29, 1.82) is 0 Å². The molecule has 0 spiro atoms. The summed E-state index contributed by atoms with van der Waals surface area (Å²) in [5, 5.41) is 23.0. The predicted molar refractivity (Wildman–Crippen MR) is 54.4 cm³/mol. The van der Waals surface area contributed by atoms with Gasteiger partial charge in [-0.3, -0.25) is 20.2 Å². The molecule has 0 N–H and O–H groups in total. The van der Waals surface area contributed by atoms with E-state index in [0.717, 1.165) is 6.07 Å². The summed E-state index contributed by atoms with van der Waals surface area (Å²) in [4.78, 5) is 22.8. The molecule has 0 amide bonds. The Labute approximate surface area is 88.4 Å². The fourth-order valence-electron chi connectivity index (χ4n) is 0.993. The molecular weight excluding hydrogens is 222 g/mol. The van der Waals surface area contributed by atoms with Gasteiger partial charge >= 0.3 is 11.4 Å². The van der Waals surface area contributed by atoms with Gasteiger partial charge in [0.05, 0.1) is 15.0 Å². The summed E-state index contributed by atoms with van der Waals surface area (Å²) >= 11 is 4.28. The molecule has 1 aromatic carbocycles. The van der Waals surface area contributed by atoms with Crippen molar-refractivity contribution in [3.63, 3.8) is 0 Å². The number of hydrogen-bond donors (Lipinski definition) is 0. The van der Waals surface area contributed by atoms with Crippen molar-refractivity contribution >= 4 is 34.4 Å². The third-order valence-corrected chi connectivity index (χ3v) is 1.63. The lowest BCUT2D eigenvalue weighted by atomic mass is 10.2. The van der Waals surface area contributed by atoms with Crippen LogP contribution in [-0.4, -0.2) is 15.0 Å². The van der Waals surface area contributed by atoms with E-state index in [4.69, 9.17) is 0 Å². The van der Waals surface area contributed by atoms with Gasteiger partial charge in [0.2, 0.25) is 0 Å². The molecular formula is C7H3N3O4S. The van der Waals surface area contributed by atoms with E-state index >= 15 is 0 Å². The van der Waals surface area contributed by atoms with Crippen LogP contribution < -0.4 is 0 Å². The number of aliphatic imine (C=N–C) groups is 1. The van der Waals surface area contributed by atoms with Crippen molar-refractivity contribution < 1.29 is 9.85 Å². The zero-order valence-electron chi connectivity index (χ0n) is 7.11. The number of benzene rings is 1. The van der Waals surface area contributed by atoms with Gasteiger partial charge in [-0.2, -0.15) is 4.99 Å². The van der Waals surface area contributed by atoms with Crippen molar-refractivity contribution in [1.82, 2.24) is 0 Å². The molecule has 0 aromatic heterocycles. The van der Waals surface area contributed by atoms with Crippen LogP contribution in [0.25, 0.3) is 0 Å². The highest BCUT2D eigenvalue weighted by atomic mass is 32.1. The normalized spacial score (nSPS) is 9.07. The minimum atomic E-state index is -0.871. The van der Waals surface area contributed by atoms with Crippen LogP contribution in [0.3, 0.4) is 0 Å². The number of para-hydroxylation sites is 1. The first-order valence-corrected chi connectivity index (χ1v) is 3.98. The summed E-state index contributed by atoms with van der Waals surface area (Å²) in [6.07, 6.45) is 0. The number of hydrogen-bond acceptors (Lipinski definition) is 6. The third kappa shape index (κ3) is 2.19. The maximum Gasteiger partial charge on any atom is 0.372 e. The predicted octanol–water partition coefficient (Wildman–Crippen LogP) is 2.24. The Morgan fingerprint density at radius 2 is 1.93 bits per heavy atom. The second-order valence-corrected chi connectivity index (χ2v) is 2.54. The lowest BCUT2D eigenvalue weighted by Gasteiger charge is -1.96. The van der Waals surface area contributed by atoms with Crippen LogP contribution >= 0.6 is 12.2 Å². The standard InChI is InChI=1S/C7H3N3O4S/c11-9(12)6-3-1-2-5(8-4-15)7(6)10(13)14/h1-3H. The quantitative estimate of drug-likeness (QED) is 0.340. The van der Waals surface area contributed by atoms with Crippen molar-refractivity contribution in [2.75, 3.05) is 0 Å². The lowest BCUT2D eigenvalue weighted by Crippen LogP contribution is -1.96. The molecule has 0 radical (unpaired) electrons. The molecule has 0 aliphatic carbocycles. The van der Waals surface area contributed by atoms with Crippen molar-refractivity contribution in [2.24, 2.45) is 4.99 Å². The molecule has 8 heteroatoms. The Balaban J connectivity index is 3.55. The summed E-state index contributed by atoms with van der Waals surface area (Å²) in [5.74, 6) is 0. The van der Waals surface area contributed by atoms with Gasteiger partial charge in [-0.25, -0.2) is 0 Å². The molecule has 1 aromatic rings. The molecule has 0 fully saturated rings. The number of thiocarbonyl (C=S) groups is 1. The summed E-state index contributed by atoms with van der Waals surface area (Å²) in [5.41, 5.74) is -1.48. The average molecular weight is 225 g/mol. The van der Waals surface area contributed by atoms with Crippen LogP contribution in [0.1, 0.15) is 0 Å². The molecule has 15 heavy (non-hydrogen) atoms. The molecule has 1 rings (SSSR count). The van der Waals surface area contributed by atoms with Crippen LogP contribution in [-0.2, 0) is 0 Å². The Hall–Kier alpha value is -2.18. The van der Waals surface area contributed by atoms with Crippen LogP contribution in [0.5, 0.6) is 0 Å². The van der Waals surface area contributed by atoms with Crippen molar-refractivity contribution in [3.8, 4) is 0 Å². The molecule has 0 atom stereocenters. The fraction of sp³-hybridized carbons (Fsp3) is 0. The first-order valence-electron chi connectivity index (χ1n) is 3.57. The number of nitro groups is 2. The average Bonchev–Trinajstić information content (AvgIpc) is 2.17. The van der Waals surface area contributed by atoms with E-state index in [0.29, 0.717) is 0 Å². The van der Waals surface area contributed by atoms with E-state index in [1.807, 2.05) is 5.16 Å². The Bertz CT molecular complexity index is 461. The van der Waals surface area contributed by atoms with E-state index in [2.05, 4.69) is 17.2 Å². The highest BCUT2D eigenvalue weighted by Crippen LogP contribution is 2.35. The molecule has 7 nitrogen and oxygen atoms in total. The van der Waals surface area contributed by atoms with E-state index in [1.54, 1.807) is 0 Å². The minimum Gasteiger partial charge on any atom is -0.258 e. The van der Waals surface area contributed by atoms with Gasteiger partial charge in [-0.1, -0.05) is 6.07 Å². The van der Waals surface area contributed by atoms with Crippen LogP contribution in [0, 0.1) is 20.2 Å². The molecule has 0 saturated carbocycles. The smallest absolute Gasteiger partial charge is 0.258 e. The highest BCUT2D eigenvalue weighted by molar-refractivity contribution is 7.78. The monoisotopic (exact) mass is 225 g/mol. The fourth-order valence-corrected chi connectivity index (χ4v) is 1.09. The summed E-state index contributed by atoms with van der Waals surface area (Å²) in [6, 6.07) is 3.57. The number of rotatable bonds is 3. The maximum absolute atomic E-state index is 10.6. The Morgan fingerprint density at radius 1 is 1.27 bits per heavy atom. The molecule has 0 heterocycles.